The number of hydrogen-bond acceptors (Lipinski definition) is 1. The maximum Gasteiger partial charge on any atom is 0.199 e. The summed E-state index contributed by atoms with van der Waals surface area (Å²) >= 11 is 0. The molecule has 0 heterocycles. The summed E-state index contributed by atoms with van der Waals surface area (Å²) in [6.07, 6.45) is 3.69. The first-order valence-electron chi connectivity index (χ1n) is 8.35. The van der Waals surface area contributed by atoms with Crippen molar-refractivity contribution in [1.82, 2.24) is 0 Å². The summed E-state index contributed by atoms with van der Waals surface area (Å²) in [6, 6.07) is 4.47. The van der Waals surface area contributed by atoms with Crippen LogP contribution in [0.25, 0.3) is 0 Å². The molecule has 0 aromatic heterocycles. The molecule has 1 aliphatic carbocycles. The fourth-order valence-corrected chi connectivity index (χ4v) is 3.47. The smallest absolute Gasteiger partial charge is 0.199 e. The molecule has 0 amide bonds. The van der Waals surface area contributed by atoms with Gasteiger partial charge in [-0.25, -0.2) is 17.6 Å². The minimum Gasteiger partial charge on any atom is -0.288 e. The molecule has 1 fully saturated rings. The highest BCUT2D eigenvalue weighted by molar-refractivity contribution is 6.09. The summed E-state index contributed by atoms with van der Waals surface area (Å²) in [5, 5.41) is 0. The van der Waals surface area contributed by atoms with E-state index >= 15 is 0 Å². The Labute approximate surface area is 143 Å². The van der Waals surface area contributed by atoms with Crippen LogP contribution in [-0.4, -0.2) is 5.78 Å². The molecule has 132 valence electrons. The van der Waals surface area contributed by atoms with Crippen LogP contribution in [0.3, 0.4) is 0 Å². The van der Waals surface area contributed by atoms with Gasteiger partial charge in [0, 0.05) is 11.6 Å². The van der Waals surface area contributed by atoms with Crippen molar-refractivity contribution in [3.8, 4) is 0 Å². The van der Waals surface area contributed by atoms with E-state index in [2.05, 4.69) is 6.92 Å². The maximum atomic E-state index is 14.4. The largest absolute Gasteiger partial charge is 0.288 e. The fourth-order valence-electron chi connectivity index (χ4n) is 3.47. The molecule has 1 nitrogen and oxygen atoms in total. The van der Waals surface area contributed by atoms with E-state index in [9.17, 15) is 22.4 Å². The van der Waals surface area contributed by atoms with Crippen molar-refractivity contribution < 1.29 is 22.4 Å². The minimum absolute atomic E-state index is 0.0657. The van der Waals surface area contributed by atoms with Crippen molar-refractivity contribution in [3.05, 3.63) is 70.3 Å². The molecule has 0 radical (unpaired) electrons. The minimum atomic E-state index is -1.07. The van der Waals surface area contributed by atoms with Crippen molar-refractivity contribution in [3.63, 3.8) is 0 Å². The second kappa shape index (κ2) is 6.98. The number of carbonyl (C=O) groups is 1. The van der Waals surface area contributed by atoms with Crippen molar-refractivity contribution >= 4 is 5.78 Å². The van der Waals surface area contributed by atoms with Crippen LogP contribution in [0.1, 0.15) is 60.0 Å². The van der Waals surface area contributed by atoms with Crippen molar-refractivity contribution in [2.24, 2.45) is 5.92 Å². The van der Waals surface area contributed by atoms with E-state index in [4.69, 9.17) is 0 Å². The fraction of sp³-hybridized carbons (Fsp3) is 0.350. The Kier molecular flexibility index (Phi) is 4.93. The van der Waals surface area contributed by atoms with Crippen LogP contribution in [0.5, 0.6) is 0 Å². The van der Waals surface area contributed by atoms with Crippen LogP contribution in [0.15, 0.2) is 30.3 Å². The topological polar surface area (TPSA) is 17.1 Å². The summed E-state index contributed by atoms with van der Waals surface area (Å²) in [5.41, 5.74) is -0.670. The number of benzene rings is 2. The van der Waals surface area contributed by atoms with Gasteiger partial charge in [0.25, 0.3) is 0 Å². The Morgan fingerprint density at radius 1 is 0.840 bits per heavy atom. The molecule has 5 heteroatoms. The van der Waals surface area contributed by atoms with Crippen LogP contribution in [0.4, 0.5) is 17.6 Å². The summed E-state index contributed by atoms with van der Waals surface area (Å²) in [6.45, 7) is 2.15. The van der Waals surface area contributed by atoms with Gasteiger partial charge < -0.3 is 0 Å². The summed E-state index contributed by atoms with van der Waals surface area (Å²) in [5.74, 6) is -4.34. The van der Waals surface area contributed by atoms with Crippen molar-refractivity contribution in [2.45, 2.75) is 38.5 Å². The predicted octanol–water partition coefficient (Wildman–Crippen LogP) is 5.77. The highest BCUT2D eigenvalue weighted by Crippen LogP contribution is 2.36. The SMILES string of the molecule is CC1CCC(c2cc(F)c(C(=O)c3cc(F)cc(F)c3)c(F)c2)CC1. The zero-order valence-electron chi connectivity index (χ0n) is 13.8. The molecule has 2 aromatic carbocycles. The first kappa shape index (κ1) is 17.6. The zero-order valence-corrected chi connectivity index (χ0v) is 13.8. The molecule has 1 aliphatic rings. The van der Waals surface area contributed by atoms with Gasteiger partial charge in [0.1, 0.15) is 23.3 Å². The molecule has 3 rings (SSSR count). The van der Waals surface area contributed by atoms with Gasteiger partial charge in [0.15, 0.2) is 5.78 Å². The summed E-state index contributed by atoms with van der Waals surface area (Å²) < 4.78 is 55.4. The molecular formula is C20H18F4O. The van der Waals surface area contributed by atoms with Gasteiger partial charge in [0.2, 0.25) is 0 Å². The van der Waals surface area contributed by atoms with Gasteiger partial charge >= 0.3 is 0 Å². The Morgan fingerprint density at radius 2 is 1.36 bits per heavy atom. The van der Waals surface area contributed by atoms with Gasteiger partial charge in [-0.15, -0.1) is 0 Å². The van der Waals surface area contributed by atoms with Crippen LogP contribution in [-0.2, 0) is 0 Å². The molecule has 0 atom stereocenters. The van der Waals surface area contributed by atoms with Crippen LogP contribution in [0.2, 0.25) is 0 Å². The third-order valence-electron chi connectivity index (χ3n) is 4.90. The third kappa shape index (κ3) is 3.75. The van der Waals surface area contributed by atoms with Crippen molar-refractivity contribution in [2.75, 3.05) is 0 Å². The van der Waals surface area contributed by atoms with E-state index in [0.29, 0.717) is 17.5 Å². The van der Waals surface area contributed by atoms with E-state index in [1.165, 1.54) is 12.1 Å². The standard InChI is InChI=1S/C20H18F4O/c1-11-2-4-12(5-3-11)13-8-17(23)19(18(24)9-13)20(25)14-6-15(21)10-16(22)7-14/h6-12H,2-5H2,1H3. The second-order valence-electron chi connectivity index (χ2n) is 6.80. The Hall–Kier alpha value is -2.17. The Morgan fingerprint density at radius 3 is 1.88 bits per heavy atom. The number of carbonyl (C=O) groups excluding carboxylic acids is 1. The molecule has 25 heavy (non-hydrogen) atoms. The Bertz CT molecular complexity index is 764. The van der Waals surface area contributed by atoms with Gasteiger partial charge in [-0.2, -0.15) is 0 Å². The van der Waals surface area contributed by atoms with Crippen LogP contribution in [0, 0.1) is 29.2 Å². The van der Waals surface area contributed by atoms with Gasteiger partial charge in [0.05, 0.1) is 5.56 Å². The summed E-state index contributed by atoms with van der Waals surface area (Å²) in [7, 11) is 0. The van der Waals surface area contributed by atoms with Gasteiger partial charge in [-0.05, 0) is 54.5 Å². The number of hydrogen-bond donors (Lipinski definition) is 0. The third-order valence-corrected chi connectivity index (χ3v) is 4.90. The lowest BCUT2D eigenvalue weighted by molar-refractivity contribution is 0.103. The van der Waals surface area contributed by atoms with Crippen LogP contribution >= 0.6 is 0 Å². The van der Waals surface area contributed by atoms with Gasteiger partial charge in [-0.1, -0.05) is 19.8 Å². The normalized spacial score (nSPS) is 20.5. The lowest BCUT2D eigenvalue weighted by Crippen LogP contribution is -2.14. The van der Waals surface area contributed by atoms with E-state index in [-0.39, 0.29) is 5.92 Å². The molecule has 0 spiro atoms. The number of halogens is 4. The van der Waals surface area contributed by atoms with E-state index < -0.39 is 40.2 Å². The predicted molar refractivity (Wildman–Crippen MR) is 86.5 cm³/mol. The average molecular weight is 350 g/mol. The monoisotopic (exact) mass is 350 g/mol. The first-order chi connectivity index (χ1) is 11.8. The first-order valence-corrected chi connectivity index (χ1v) is 8.35. The lowest BCUT2D eigenvalue weighted by atomic mass is 9.79. The van der Waals surface area contributed by atoms with E-state index in [1.807, 2.05) is 0 Å². The average Bonchev–Trinajstić information content (AvgIpc) is 2.53. The molecule has 1 saturated carbocycles. The van der Waals surface area contributed by atoms with Gasteiger partial charge in [-0.3, -0.25) is 4.79 Å². The van der Waals surface area contributed by atoms with Crippen LogP contribution < -0.4 is 0 Å². The second-order valence-corrected chi connectivity index (χ2v) is 6.80. The Balaban J connectivity index is 1.93. The summed E-state index contributed by atoms with van der Waals surface area (Å²) in [4.78, 5) is 12.3. The molecule has 0 N–H and O–H groups in total. The highest BCUT2D eigenvalue weighted by Gasteiger charge is 2.25. The molecular weight excluding hydrogens is 332 g/mol. The molecule has 0 bridgehead atoms. The molecule has 2 aromatic rings. The molecule has 0 saturated heterocycles. The van der Waals surface area contributed by atoms with E-state index in [1.54, 1.807) is 0 Å². The number of ketones is 1. The van der Waals surface area contributed by atoms with Crippen molar-refractivity contribution in [1.29, 1.82) is 0 Å². The lowest BCUT2D eigenvalue weighted by Gasteiger charge is -2.26. The molecule has 0 aliphatic heterocycles. The van der Waals surface area contributed by atoms with E-state index in [0.717, 1.165) is 37.8 Å². The maximum absolute atomic E-state index is 14.4. The zero-order chi connectivity index (χ0) is 18.1. The number of rotatable bonds is 3. The quantitative estimate of drug-likeness (QED) is 0.507. The molecule has 0 unspecified atom stereocenters. The highest BCUT2D eigenvalue weighted by atomic mass is 19.1.